The van der Waals surface area contributed by atoms with Crippen LogP contribution >= 0.6 is 0 Å². The lowest BCUT2D eigenvalue weighted by atomic mass is 10.2. The molecule has 138 valence electrons. The van der Waals surface area contributed by atoms with Crippen LogP contribution in [0.2, 0.25) is 0 Å². The molecule has 3 rings (SSSR count). The Labute approximate surface area is 153 Å². The predicted octanol–water partition coefficient (Wildman–Crippen LogP) is 4.51. The molecule has 0 radical (unpaired) electrons. The van der Waals surface area contributed by atoms with Crippen molar-refractivity contribution in [2.45, 2.75) is 13.8 Å². The zero-order chi connectivity index (χ0) is 19.6. The largest absolute Gasteiger partial charge is 0.324 e. The lowest BCUT2D eigenvalue weighted by Crippen LogP contribution is -2.17. The topological polar surface area (TPSA) is 66.9 Å². The molecule has 1 heterocycles. The van der Waals surface area contributed by atoms with Gasteiger partial charge in [0, 0.05) is 11.4 Å². The van der Waals surface area contributed by atoms with E-state index in [1.54, 1.807) is 6.92 Å². The standard InChI is InChI=1S/C19H15F3N4O/c1-10-3-5-12(6-4-10)24-19-23-11(2)9-15(26-19)18(27)25-14-8-7-13(20)16(21)17(14)22/h3-9H,1-2H3,(H,25,27)(H,23,24,26). The predicted molar refractivity (Wildman–Crippen MR) is 95.5 cm³/mol. The van der Waals surface area contributed by atoms with Crippen molar-refractivity contribution in [1.29, 1.82) is 0 Å². The second kappa shape index (κ2) is 7.45. The molecular formula is C19H15F3N4O. The third kappa shape index (κ3) is 4.22. The molecule has 2 N–H and O–H groups in total. The summed E-state index contributed by atoms with van der Waals surface area (Å²) in [5, 5.41) is 5.15. The summed E-state index contributed by atoms with van der Waals surface area (Å²) in [6.45, 7) is 3.61. The van der Waals surface area contributed by atoms with Crippen LogP contribution in [0, 0.1) is 31.3 Å². The van der Waals surface area contributed by atoms with E-state index in [4.69, 9.17) is 0 Å². The van der Waals surface area contributed by atoms with Crippen LogP contribution in [0.4, 0.5) is 30.5 Å². The maximum absolute atomic E-state index is 13.7. The second-order valence-electron chi connectivity index (χ2n) is 5.89. The van der Waals surface area contributed by atoms with Crippen molar-refractivity contribution in [3.8, 4) is 0 Å². The third-order valence-corrected chi connectivity index (χ3v) is 3.68. The van der Waals surface area contributed by atoms with Crippen LogP contribution < -0.4 is 10.6 Å². The van der Waals surface area contributed by atoms with Gasteiger partial charge in [-0.25, -0.2) is 23.1 Å². The van der Waals surface area contributed by atoms with Crippen molar-refractivity contribution in [3.63, 3.8) is 0 Å². The molecule has 0 unspecified atom stereocenters. The fourth-order valence-corrected chi connectivity index (χ4v) is 2.32. The molecule has 0 atom stereocenters. The van der Waals surface area contributed by atoms with Crippen molar-refractivity contribution in [2.24, 2.45) is 0 Å². The Balaban J connectivity index is 1.84. The van der Waals surface area contributed by atoms with Crippen LogP contribution in [0.3, 0.4) is 0 Å². The van der Waals surface area contributed by atoms with E-state index in [1.165, 1.54) is 6.07 Å². The van der Waals surface area contributed by atoms with Gasteiger partial charge in [-0.15, -0.1) is 0 Å². The molecule has 0 spiro atoms. The van der Waals surface area contributed by atoms with Gasteiger partial charge in [-0.1, -0.05) is 17.7 Å². The lowest BCUT2D eigenvalue weighted by molar-refractivity contribution is 0.102. The van der Waals surface area contributed by atoms with Gasteiger partial charge in [-0.3, -0.25) is 4.79 Å². The Morgan fingerprint density at radius 1 is 0.926 bits per heavy atom. The Hall–Kier alpha value is -3.42. The number of aromatic nitrogens is 2. The van der Waals surface area contributed by atoms with Gasteiger partial charge in [0.25, 0.3) is 5.91 Å². The Morgan fingerprint density at radius 2 is 1.63 bits per heavy atom. The van der Waals surface area contributed by atoms with Crippen molar-refractivity contribution in [2.75, 3.05) is 10.6 Å². The molecule has 2 aromatic carbocycles. The average Bonchev–Trinajstić information content (AvgIpc) is 2.63. The van der Waals surface area contributed by atoms with E-state index < -0.39 is 29.0 Å². The maximum atomic E-state index is 13.7. The first kappa shape index (κ1) is 18.4. The van der Waals surface area contributed by atoms with Gasteiger partial charge in [-0.2, -0.15) is 0 Å². The second-order valence-corrected chi connectivity index (χ2v) is 5.89. The summed E-state index contributed by atoms with van der Waals surface area (Å²) in [7, 11) is 0. The van der Waals surface area contributed by atoms with E-state index in [9.17, 15) is 18.0 Å². The molecule has 0 saturated heterocycles. The smallest absolute Gasteiger partial charge is 0.274 e. The number of carbonyl (C=O) groups is 1. The molecular weight excluding hydrogens is 357 g/mol. The first-order chi connectivity index (χ1) is 12.8. The number of nitrogens with zero attached hydrogens (tertiary/aromatic N) is 2. The number of amides is 1. The quantitative estimate of drug-likeness (QED) is 0.662. The van der Waals surface area contributed by atoms with Gasteiger partial charge in [-0.05, 0) is 44.2 Å². The summed E-state index contributed by atoms with van der Waals surface area (Å²) in [6, 6.07) is 10.5. The molecule has 5 nitrogen and oxygen atoms in total. The van der Waals surface area contributed by atoms with Crippen LogP contribution in [0.15, 0.2) is 42.5 Å². The SMILES string of the molecule is Cc1ccc(Nc2nc(C)cc(C(=O)Nc3ccc(F)c(F)c3F)n2)cc1. The number of rotatable bonds is 4. The van der Waals surface area contributed by atoms with Gasteiger partial charge in [0.05, 0.1) is 5.69 Å². The van der Waals surface area contributed by atoms with E-state index in [0.29, 0.717) is 5.69 Å². The Bertz CT molecular complexity index is 1010. The van der Waals surface area contributed by atoms with E-state index >= 15 is 0 Å². The van der Waals surface area contributed by atoms with Crippen molar-refractivity contribution in [3.05, 3.63) is 76.9 Å². The van der Waals surface area contributed by atoms with Crippen LogP contribution in [0.1, 0.15) is 21.7 Å². The highest BCUT2D eigenvalue weighted by Gasteiger charge is 2.17. The monoisotopic (exact) mass is 372 g/mol. The number of aryl methyl sites for hydroxylation is 2. The lowest BCUT2D eigenvalue weighted by Gasteiger charge is -2.10. The number of anilines is 3. The third-order valence-electron chi connectivity index (χ3n) is 3.68. The number of nitrogens with one attached hydrogen (secondary N) is 2. The van der Waals surface area contributed by atoms with Gasteiger partial charge in [0.2, 0.25) is 5.95 Å². The van der Waals surface area contributed by atoms with Crippen LogP contribution in [-0.2, 0) is 0 Å². The number of halogens is 3. The molecule has 0 aliphatic carbocycles. The summed E-state index contributed by atoms with van der Waals surface area (Å²) in [5.74, 6) is -5.08. The van der Waals surface area contributed by atoms with Gasteiger partial charge >= 0.3 is 0 Å². The zero-order valence-corrected chi connectivity index (χ0v) is 14.5. The molecule has 0 fully saturated rings. The fraction of sp³-hybridized carbons (Fsp3) is 0.105. The Kier molecular flexibility index (Phi) is 5.07. The summed E-state index contributed by atoms with van der Waals surface area (Å²) >= 11 is 0. The highest BCUT2D eigenvalue weighted by Crippen LogP contribution is 2.21. The van der Waals surface area contributed by atoms with Gasteiger partial charge in [0.15, 0.2) is 17.5 Å². The molecule has 0 aliphatic rings. The number of hydrogen-bond donors (Lipinski definition) is 2. The normalized spacial score (nSPS) is 10.6. The highest BCUT2D eigenvalue weighted by atomic mass is 19.2. The van der Waals surface area contributed by atoms with E-state index in [2.05, 4.69) is 20.6 Å². The molecule has 3 aromatic rings. The molecule has 27 heavy (non-hydrogen) atoms. The maximum Gasteiger partial charge on any atom is 0.274 e. The van der Waals surface area contributed by atoms with Crippen molar-refractivity contribution >= 4 is 23.2 Å². The number of benzene rings is 2. The zero-order valence-electron chi connectivity index (χ0n) is 14.5. The molecule has 0 aliphatic heterocycles. The Morgan fingerprint density at radius 3 is 2.33 bits per heavy atom. The molecule has 0 bridgehead atoms. The van der Waals surface area contributed by atoms with Gasteiger partial charge in [0.1, 0.15) is 5.69 Å². The van der Waals surface area contributed by atoms with Crippen LogP contribution in [-0.4, -0.2) is 15.9 Å². The summed E-state index contributed by atoms with van der Waals surface area (Å²) in [5.41, 5.74) is 1.77. The summed E-state index contributed by atoms with van der Waals surface area (Å²) in [6.07, 6.45) is 0. The average molecular weight is 372 g/mol. The summed E-state index contributed by atoms with van der Waals surface area (Å²) < 4.78 is 40.0. The van der Waals surface area contributed by atoms with Crippen molar-refractivity contribution in [1.82, 2.24) is 9.97 Å². The molecule has 1 amide bonds. The highest BCUT2D eigenvalue weighted by molar-refractivity contribution is 6.03. The molecule has 0 saturated carbocycles. The van der Waals surface area contributed by atoms with E-state index in [1.807, 2.05) is 31.2 Å². The molecule has 1 aromatic heterocycles. The minimum Gasteiger partial charge on any atom is -0.324 e. The van der Waals surface area contributed by atoms with Crippen molar-refractivity contribution < 1.29 is 18.0 Å². The fourth-order valence-electron chi connectivity index (χ4n) is 2.32. The number of hydrogen-bond acceptors (Lipinski definition) is 4. The van der Waals surface area contributed by atoms with E-state index in [0.717, 1.165) is 23.4 Å². The minimum absolute atomic E-state index is 0.0544. The van der Waals surface area contributed by atoms with Crippen LogP contribution in [0.25, 0.3) is 0 Å². The minimum atomic E-state index is -1.66. The number of carbonyl (C=O) groups excluding carboxylic acids is 1. The first-order valence-corrected chi connectivity index (χ1v) is 7.97. The van der Waals surface area contributed by atoms with Crippen LogP contribution in [0.5, 0.6) is 0 Å². The summed E-state index contributed by atoms with van der Waals surface area (Å²) in [4.78, 5) is 20.6. The van der Waals surface area contributed by atoms with E-state index in [-0.39, 0.29) is 11.6 Å². The van der Waals surface area contributed by atoms with Gasteiger partial charge < -0.3 is 10.6 Å². The first-order valence-electron chi connectivity index (χ1n) is 7.97. The molecule has 8 heteroatoms.